The topological polar surface area (TPSA) is 76.9 Å². The van der Waals surface area contributed by atoms with Gasteiger partial charge in [0.15, 0.2) is 5.69 Å². The van der Waals surface area contributed by atoms with Gasteiger partial charge in [0.1, 0.15) is 11.5 Å². The molecule has 0 unspecified atom stereocenters. The number of aromatic nitrogens is 3. The molecule has 0 bridgehead atoms. The van der Waals surface area contributed by atoms with Gasteiger partial charge in [-0.05, 0) is 31.2 Å². The van der Waals surface area contributed by atoms with Crippen molar-refractivity contribution in [3.63, 3.8) is 0 Å². The van der Waals surface area contributed by atoms with Gasteiger partial charge in [-0.2, -0.15) is 5.10 Å². The van der Waals surface area contributed by atoms with E-state index in [0.717, 1.165) is 0 Å². The van der Waals surface area contributed by atoms with Gasteiger partial charge in [-0.1, -0.05) is 12.1 Å². The summed E-state index contributed by atoms with van der Waals surface area (Å²) in [6.45, 7) is 1.62. The van der Waals surface area contributed by atoms with Crippen molar-refractivity contribution in [3.05, 3.63) is 82.3 Å². The molecular weight excluding hydrogens is 311 g/mol. The van der Waals surface area contributed by atoms with Crippen molar-refractivity contribution in [1.82, 2.24) is 14.8 Å². The minimum atomic E-state index is -0.670. The first-order chi connectivity index (χ1) is 11.6. The first-order valence-electron chi connectivity index (χ1n) is 7.13. The fourth-order valence-corrected chi connectivity index (χ4v) is 2.20. The van der Waals surface area contributed by atoms with Gasteiger partial charge >= 0.3 is 0 Å². The van der Waals surface area contributed by atoms with Crippen LogP contribution in [0.1, 0.15) is 16.2 Å². The molecule has 2 aromatic heterocycles. The Labute approximate surface area is 136 Å². The van der Waals surface area contributed by atoms with Crippen LogP contribution in [0.4, 0.5) is 10.1 Å². The number of carbonyl (C=O) groups is 1. The number of pyridine rings is 1. The summed E-state index contributed by atoms with van der Waals surface area (Å²) in [7, 11) is 0. The van der Waals surface area contributed by atoms with E-state index in [4.69, 9.17) is 0 Å². The largest absolute Gasteiger partial charge is 0.320 e. The number of amides is 1. The Balaban J connectivity index is 2.03. The predicted molar refractivity (Wildman–Crippen MR) is 86.7 cm³/mol. The van der Waals surface area contributed by atoms with Crippen molar-refractivity contribution in [3.8, 4) is 5.69 Å². The van der Waals surface area contributed by atoms with Crippen molar-refractivity contribution < 1.29 is 9.18 Å². The highest BCUT2D eigenvalue weighted by atomic mass is 19.1. The summed E-state index contributed by atoms with van der Waals surface area (Å²) in [6, 6.07) is 10.4. The SMILES string of the molecule is Cc1cc(=O)c(C(=O)Nc2ccncc2)nn1-c1ccccc1F. The number of anilines is 1. The number of hydrogen-bond acceptors (Lipinski definition) is 4. The molecule has 0 fully saturated rings. The molecule has 2 heterocycles. The molecule has 0 aliphatic carbocycles. The number of hydrogen-bond donors (Lipinski definition) is 1. The third kappa shape index (κ3) is 3.05. The quantitative estimate of drug-likeness (QED) is 0.802. The summed E-state index contributed by atoms with van der Waals surface area (Å²) < 4.78 is 15.2. The van der Waals surface area contributed by atoms with E-state index >= 15 is 0 Å². The average Bonchev–Trinajstić information content (AvgIpc) is 2.57. The van der Waals surface area contributed by atoms with Crippen molar-refractivity contribution in [1.29, 1.82) is 0 Å². The van der Waals surface area contributed by atoms with Gasteiger partial charge in [-0.25, -0.2) is 9.07 Å². The summed E-state index contributed by atoms with van der Waals surface area (Å²) in [5, 5.41) is 6.60. The Hall–Kier alpha value is -3.35. The Morgan fingerprint density at radius 1 is 1.17 bits per heavy atom. The molecule has 6 nitrogen and oxygen atoms in total. The summed E-state index contributed by atoms with van der Waals surface area (Å²) in [5.41, 5.74) is 0.208. The molecule has 1 N–H and O–H groups in total. The van der Waals surface area contributed by atoms with E-state index in [0.29, 0.717) is 11.4 Å². The van der Waals surface area contributed by atoms with Crippen LogP contribution in [0.25, 0.3) is 5.69 Å². The highest BCUT2D eigenvalue weighted by Crippen LogP contribution is 2.13. The summed E-state index contributed by atoms with van der Waals surface area (Å²) >= 11 is 0. The van der Waals surface area contributed by atoms with E-state index in [9.17, 15) is 14.0 Å². The van der Waals surface area contributed by atoms with Crippen molar-refractivity contribution >= 4 is 11.6 Å². The normalized spacial score (nSPS) is 10.4. The third-order valence-corrected chi connectivity index (χ3v) is 3.34. The summed E-state index contributed by atoms with van der Waals surface area (Å²) in [5.74, 6) is -1.17. The molecule has 120 valence electrons. The van der Waals surface area contributed by atoms with Gasteiger partial charge in [0.25, 0.3) is 5.91 Å². The Kier molecular flexibility index (Phi) is 4.15. The van der Waals surface area contributed by atoms with Crippen molar-refractivity contribution in [2.45, 2.75) is 6.92 Å². The zero-order valence-electron chi connectivity index (χ0n) is 12.7. The Morgan fingerprint density at radius 3 is 2.58 bits per heavy atom. The standard InChI is InChI=1S/C17H13FN4O2/c1-11-10-15(23)16(17(24)20-12-6-8-19-9-7-12)21-22(11)14-5-3-2-4-13(14)18/h2-10H,1H3,(H,19,20,24). The van der Waals surface area contributed by atoms with Crippen LogP contribution in [0.15, 0.2) is 59.7 Å². The number of para-hydroxylation sites is 1. The molecule has 0 atom stereocenters. The Bertz CT molecular complexity index is 954. The molecule has 0 aliphatic heterocycles. The van der Waals surface area contributed by atoms with Crippen molar-refractivity contribution in [2.75, 3.05) is 5.32 Å². The lowest BCUT2D eigenvalue weighted by Gasteiger charge is -2.12. The van der Waals surface area contributed by atoms with Gasteiger partial charge in [0.05, 0.1) is 0 Å². The lowest BCUT2D eigenvalue weighted by molar-refractivity contribution is 0.101. The van der Waals surface area contributed by atoms with Gasteiger partial charge in [-0.15, -0.1) is 0 Å². The number of nitrogens with one attached hydrogen (secondary N) is 1. The molecule has 24 heavy (non-hydrogen) atoms. The second kappa shape index (κ2) is 6.41. The summed E-state index contributed by atoms with van der Waals surface area (Å²) in [6.07, 6.45) is 3.02. The minimum Gasteiger partial charge on any atom is -0.320 e. The fraction of sp³-hybridized carbons (Fsp3) is 0.0588. The molecule has 0 radical (unpaired) electrons. The minimum absolute atomic E-state index is 0.160. The fourth-order valence-electron chi connectivity index (χ4n) is 2.20. The molecule has 0 spiro atoms. The van der Waals surface area contributed by atoms with Crippen LogP contribution >= 0.6 is 0 Å². The number of carbonyl (C=O) groups excluding carboxylic acids is 1. The second-order valence-corrected chi connectivity index (χ2v) is 5.05. The number of rotatable bonds is 3. The second-order valence-electron chi connectivity index (χ2n) is 5.05. The van der Waals surface area contributed by atoms with Crippen LogP contribution in [-0.2, 0) is 0 Å². The predicted octanol–water partition coefficient (Wildman–Crippen LogP) is 2.33. The van der Waals surface area contributed by atoms with Crippen LogP contribution in [0, 0.1) is 12.7 Å². The van der Waals surface area contributed by atoms with E-state index < -0.39 is 17.2 Å². The van der Waals surface area contributed by atoms with Crippen LogP contribution in [-0.4, -0.2) is 20.7 Å². The highest BCUT2D eigenvalue weighted by Gasteiger charge is 2.16. The molecule has 0 aliphatic rings. The van der Waals surface area contributed by atoms with Gasteiger partial charge in [0.2, 0.25) is 5.43 Å². The lowest BCUT2D eigenvalue weighted by atomic mass is 10.2. The molecule has 1 aromatic carbocycles. The number of aryl methyl sites for hydroxylation is 1. The average molecular weight is 324 g/mol. The van der Waals surface area contributed by atoms with Crippen molar-refractivity contribution in [2.24, 2.45) is 0 Å². The molecule has 3 aromatic rings. The van der Waals surface area contributed by atoms with Gasteiger partial charge in [-0.3, -0.25) is 14.6 Å². The third-order valence-electron chi connectivity index (χ3n) is 3.34. The first kappa shape index (κ1) is 15.5. The van der Waals surface area contributed by atoms with E-state index in [1.165, 1.54) is 35.3 Å². The molecular formula is C17H13FN4O2. The smallest absolute Gasteiger partial charge is 0.280 e. The molecule has 0 saturated heterocycles. The maximum Gasteiger partial charge on any atom is 0.280 e. The van der Waals surface area contributed by atoms with Crippen LogP contribution in [0.3, 0.4) is 0 Å². The van der Waals surface area contributed by atoms with E-state index in [1.54, 1.807) is 31.2 Å². The van der Waals surface area contributed by atoms with Gasteiger partial charge in [0, 0.05) is 29.8 Å². The monoisotopic (exact) mass is 324 g/mol. The van der Waals surface area contributed by atoms with E-state index in [-0.39, 0.29) is 11.4 Å². The number of nitrogens with zero attached hydrogens (tertiary/aromatic N) is 3. The molecule has 7 heteroatoms. The van der Waals surface area contributed by atoms with E-state index in [1.807, 2.05) is 0 Å². The maximum atomic E-state index is 14.0. The summed E-state index contributed by atoms with van der Waals surface area (Å²) in [4.78, 5) is 28.3. The number of benzene rings is 1. The highest BCUT2D eigenvalue weighted by molar-refractivity contribution is 6.02. The maximum absolute atomic E-state index is 14.0. The van der Waals surface area contributed by atoms with Crippen LogP contribution < -0.4 is 10.7 Å². The first-order valence-corrected chi connectivity index (χ1v) is 7.13. The van der Waals surface area contributed by atoms with Gasteiger partial charge < -0.3 is 5.32 Å². The van der Waals surface area contributed by atoms with Crippen LogP contribution in [0.5, 0.6) is 0 Å². The zero-order chi connectivity index (χ0) is 17.1. The Morgan fingerprint density at radius 2 is 1.88 bits per heavy atom. The van der Waals surface area contributed by atoms with E-state index in [2.05, 4.69) is 15.4 Å². The van der Waals surface area contributed by atoms with Crippen LogP contribution in [0.2, 0.25) is 0 Å². The molecule has 0 saturated carbocycles. The lowest BCUT2D eigenvalue weighted by Crippen LogP contribution is -2.27. The number of halogens is 1. The molecule has 3 rings (SSSR count). The molecule has 1 amide bonds. The zero-order valence-corrected chi connectivity index (χ0v) is 12.7.